The molecule has 0 saturated carbocycles. The van der Waals surface area contributed by atoms with Crippen molar-refractivity contribution in [2.45, 2.75) is 6.54 Å². The quantitative estimate of drug-likeness (QED) is 0.915. The van der Waals surface area contributed by atoms with Crippen molar-refractivity contribution in [1.29, 1.82) is 0 Å². The Morgan fingerprint density at radius 2 is 2.29 bits per heavy atom. The van der Waals surface area contributed by atoms with Gasteiger partial charge in [-0.3, -0.25) is 10.3 Å². The van der Waals surface area contributed by atoms with Gasteiger partial charge in [-0.1, -0.05) is 6.07 Å². The molecule has 0 aliphatic carbocycles. The van der Waals surface area contributed by atoms with Gasteiger partial charge < -0.3 is 9.73 Å². The number of nitrogens with one attached hydrogen (secondary N) is 2. The van der Waals surface area contributed by atoms with Gasteiger partial charge in [-0.15, -0.1) is 0 Å². The van der Waals surface area contributed by atoms with Crippen LogP contribution in [0.5, 0.6) is 0 Å². The molecule has 0 bridgehead atoms. The molecule has 2 aromatic heterocycles. The van der Waals surface area contributed by atoms with Crippen LogP contribution in [0, 0.1) is 0 Å². The van der Waals surface area contributed by atoms with Gasteiger partial charge in [0.25, 0.3) is 0 Å². The molecule has 2 N–H and O–H groups in total. The van der Waals surface area contributed by atoms with E-state index in [9.17, 15) is 4.79 Å². The molecule has 0 aliphatic rings. The van der Waals surface area contributed by atoms with Gasteiger partial charge in [0, 0.05) is 25.0 Å². The van der Waals surface area contributed by atoms with Gasteiger partial charge >= 0.3 is 6.03 Å². The molecule has 0 unspecified atom stereocenters. The SMILES string of the molecule is O=C(NCc1cccnc1)Nc1ccc(Br)o1. The first-order valence-electron chi connectivity index (χ1n) is 4.93. The molecule has 2 aromatic rings. The second-order valence-corrected chi connectivity index (χ2v) is 4.05. The van der Waals surface area contributed by atoms with E-state index in [2.05, 4.69) is 31.5 Å². The minimum atomic E-state index is -0.323. The maximum absolute atomic E-state index is 11.5. The molecule has 6 heteroatoms. The number of amides is 2. The van der Waals surface area contributed by atoms with Crippen LogP contribution in [-0.4, -0.2) is 11.0 Å². The van der Waals surface area contributed by atoms with E-state index in [4.69, 9.17) is 4.42 Å². The van der Waals surface area contributed by atoms with Crippen molar-refractivity contribution in [1.82, 2.24) is 10.3 Å². The van der Waals surface area contributed by atoms with E-state index in [1.54, 1.807) is 24.5 Å². The fourth-order valence-electron chi connectivity index (χ4n) is 1.22. The third kappa shape index (κ3) is 3.60. The molecule has 88 valence electrons. The lowest BCUT2D eigenvalue weighted by Gasteiger charge is -2.04. The molecule has 2 heterocycles. The third-order valence-corrected chi connectivity index (χ3v) is 2.41. The van der Waals surface area contributed by atoms with Crippen LogP contribution in [0.15, 0.2) is 45.7 Å². The summed E-state index contributed by atoms with van der Waals surface area (Å²) in [7, 11) is 0. The van der Waals surface area contributed by atoms with Crippen LogP contribution in [0.2, 0.25) is 0 Å². The molecular formula is C11H10BrN3O2. The molecule has 2 rings (SSSR count). The van der Waals surface area contributed by atoms with Gasteiger partial charge in [-0.05, 0) is 33.6 Å². The number of pyridine rings is 1. The third-order valence-electron chi connectivity index (χ3n) is 1.99. The fourth-order valence-corrected chi connectivity index (χ4v) is 1.53. The fraction of sp³-hybridized carbons (Fsp3) is 0.0909. The highest BCUT2D eigenvalue weighted by Gasteiger charge is 2.04. The van der Waals surface area contributed by atoms with Crippen molar-refractivity contribution < 1.29 is 9.21 Å². The smallest absolute Gasteiger partial charge is 0.321 e. The van der Waals surface area contributed by atoms with Crippen LogP contribution in [0.3, 0.4) is 0 Å². The molecule has 0 radical (unpaired) electrons. The molecule has 17 heavy (non-hydrogen) atoms. The van der Waals surface area contributed by atoms with Crippen molar-refractivity contribution in [3.63, 3.8) is 0 Å². The zero-order valence-electron chi connectivity index (χ0n) is 8.81. The highest BCUT2D eigenvalue weighted by molar-refractivity contribution is 9.10. The number of aromatic nitrogens is 1. The van der Waals surface area contributed by atoms with E-state index in [0.29, 0.717) is 17.1 Å². The van der Waals surface area contributed by atoms with Crippen molar-refractivity contribution in [2.75, 3.05) is 5.32 Å². The van der Waals surface area contributed by atoms with Crippen LogP contribution in [0.25, 0.3) is 0 Å². The Hall–Kier alpha value is -1.82. The molecule has 5 nitrogen and oxygen atoms in total. The van der Waals surface area contributed by atoms with Crippen LogP contribution < -0.4 is 10.6 Å². The first-order chi connectivity index (χ1) is 8.24. The summed E-state index contributed by atoms with van der Waals surface area (Å²) >= 11 is 3.15. The predicted molar refractivity (Wildman–Crippen MR) is 66.5 cm³/mol. The summed E-state index contributed by atoms with van der Waals surface area (Å²) in [4.78, 5) is 15.4. The number of nitrogens with zero attached hydrogens (tertiary/aromatic N) is 1. The highest BCUT2D eigenvalue weighted by Crippen LogP contribution is 2.17. The average molecular weight is 296 g/mol. The number of carbonyl (C=O) groups is 1. The predicted octanol–water partition coefficient (Wildman–Crippen LogP) is 2.76. The molecular weight excluding hydrogens is 286 g/mol. The first kappa shape index (κ1) is 11.7. The minimum Gasteiger partial charge on any atom is -0.434 e. The molecule has 2 amide bonds. The van der Waals surface area contributed by atoms with Crippen LogP contribution in [-0.2, 0) is 6.54 Å². The zero-order chi connectivity index (χ0) is 12.1. The van der Waals surface area contributed by atoms with E-state index >= 15 is 0 Å². The standard InChI is InChI=1S/C11H10BrN3O2/c12-9-3-4-10(17-9)15-11(16)14-7-8-2-1-5-13-6-8/h1-6H,7H2,(H2,14,15,16). The Morgan fingerprint density at radius 3 is 2.94 bits per heavy atom. The number of anilines is 1. The summed E-state index contributed by atoms with van der Waals surface area (Å²) in [6.07, 6.45) is 3.38. The lowest BCUT2D eigenvalue weighted by atomic mass is 10.3. The number of urea groups is 1. The lowest BCUT2D eigenvalue weighted by Crippen LogP contribution is -2.27. The van der Waals surface area contributed by atoms with E-state index in [1.165, 1.54) is 0 Å². The van der Waals surface area contributed by atoms with Crippen molar-refractivity contribution >= 4 is 27.8 Å². The summed E-state index contributed by atoms with van der Waals surface area (Å²) in [5, 5.41) is 5.26. The van der Waals surface area contributed by atoms with Gasteiger partial charge in [-0.25, -0.2) is 4.79 Å². The second-order valence-electron chi connectivity index (χ2n) is 3.27. The minimum absolute atomic E-state index is 0.323. The number of hydrogen-bond donors (Lipinski definition) is 2. The Labute approximate surface area is 106 Å². The second kappa shape index (κ2) is 5.49. The van der Waals surface area contributed by atoms with E-state index < -0.39 is 0 Å². The number of rotatable bonds is 3. The zero-order valence-corrected chi connectivity index (χ0v) is 10.4. The number of hydrogen-bond acceptors (Lipinski definition) is 3. The van der Waals surface area contributed by atoms with Gasteiger partial charge in [-0.2, -0.15) is 0 Å². The summed E-state index contributed by atoms with van der Waals surface area (Å²) in [5.41, 5.74) is 0.934. The Morgan fingerprint density at radius 1 is 1.41 bits per heavy atom. The summed E-state index contributed by atoms with van der Waals surface area (Å²) in [6.45, 7) is 0.418. The van der Waals surface area contributed by atoms with Crippen LogP contribution in [0.1, 0.15) is 5.56 Å². The van der Waals surface area contributed by atoms with Gasteiger partial charge in [0.1, 0.15) is 0 Å². The lowest BCUT2D eigenvalue weighted by molar-refractivity contribution is 0.251. The molecule has 0 spiro atoms. The van der Waals surface area contributed by atoms with Crippen LogP contribution >= 0.6 is 15.9 Å². The molecule has 0 aliphatic heterocycles. The average Bonchev–Trinajstić information content (AvgIpc) is 2.73. The maximum Gasteiger partial charge on any atom is 0.321 e. The van der Waals surface area contributed by atoms with E-state index in [-0.39, 0.29) is 6.03 Å². The van der Waals surface area contributed by atoms with Crippen LogP contribution in [0.4, 0.5) is 10.7 Å². The monoisotopic (exact) mass is 295 g/mol. The topological polar surface area (TPSA) is 67.2 Å². The summed E-state index contributed by atoms with van der Waals surface area (Å²) < 4.78 is 5.71. The summed E-state index contributed by atoms with van der Waals surface area (Å²) in [5.74, 6) is 0.389. The molecule has 0 aromatic carbocycles. The highest BCUT2D eigenvalue weighted by atomic mass is 79.9. The van der Waals surface area contributed by atoms with E-state index in [1.807, 2.05) is 12.1 Å². The normalized spacial score (nSPS) is 9.94. The number of halogens is 1. The Balaban J connectivity index is 1.82. The molecule has 0 saturated heterocycles. The van der Waals surface area contributed by atoms with E-state index in [0.717, 1.165) is 5.56 Å². The largest absolute Gasteiger partial charge is 0.434 e. The van der Waals surface area contributed by atoms with Gasteiger partial charge in [0.05, 0.1) is 0 Å². The Kier molecular flexibility index (Phi) is 3.77. The van der Waals surface area contributed by atoms with Gasteiger partial charge in [0.2, 0.25) is 5.88 Å². The van der Waals surface area contributed by atoms with Crippen molar-refractivity contribution in [3.8, 4) is 0 Å². The summed E-state index contributed by atoms with van der Waals surface area (Å²) in [6, 6.07) is 6.75. The molecule has 0 atom stereocenters. The van der Waals surface area contributed by atoms with Gasteiger partial charge in [0.15, 0.2) is 4.67 Å². The van der Waals surface area contributed by atoms with Crippen molar-refractivity contribution in [2.24, 2.45) is 0 Å². The number of furan rings is 1. The number of carbonyl (C=O) groups excluding carboxylic acids is 1. The maximum atomic E-state index is 11.5. The first-order valence-corrected chi connectivity index (χ1v) is 5.72. The van der Waals surface area contributed by atoms with Crippen molar-refractivity contribution in [3.05, 3.63) is 46.9 Å². The Bertz CT molecular complexity index is 498. The molecule has 0 fully saturated rings.